The maximum atomic E-state index is 12.2. The molecule has 20 heavy (non-hydrogen) atoms. The number of H-pyrrole nitrogens is 1. The van der Waals surface area contributed by atoms with Gasteiger partial charge in [0.2, 0.25) is 10.0 Å². The summed E-state index contributed by atoms with van der Waals surface area (Å²) in [6.07, 6.45) is 1.78. The lowest BCUT2D eigenvalue weighted by atomic mass is 10.2. The Kier molecular flexibility index (Phi) is 4.71. The smallest absolute Gasteiger partial charge is 0.242 e. The van der Waals surface area contributed by atoms with Crippen LogP contribution in [0.1, 0.15) is 11.4 Å². The Morgan fingerprint density at radius 2 is 2.20 bits per heavy atom. The van der Waals surface area contributed by atoms with Crippen molar-refractivity contribution in [1.82, 2.24) is 19.9 Å². The van der Waals surface area contributed by atoms with E-state index in [1.54, 1.807) is 6.07 Å². The number of aromatic nitrogens is 3. The fraction of sp³-hybridized carbons (Fsp3) is 0.273. The SMILES string of the molecule is NCc1ccc(Cl)c(S(=O)(=O)NCCc2ncn[nH]2)c1. The molecule has 1 aromatic heterocycles. The van der Waals surface area contributed by atoms with Crippen molar-refractivity contribution in [2.45, 2.75) is 17.9 Å². The third-order valence-electron chi connectivity index (χ3n) is 2.64. The molecule has 0 aliphatic heterocycles. The molecule has 108 valence electrons. The van der Waals surface area contributed by atoms with Gasteiger partial charge >= 0.3 is 0 Å². The number of nitrogens with one attached hydrogen (secondary N) is 2. The summed E-state index contributed by atoms with van der Waals surface area (Å²) < 4.78 is 26.8. The van der Waals surface area contributed by atoms with Crippen LogP contribution in [0, 0.1) is 0 Å². The topological polar surface area (TPSA) is 114 Å². The van der Waals surface area contributed by atoms with E-state index >= 15 is 0 Å². The summed E-state index contributed by atoms with van der Waals surface area (Å²) in [5.74, 6) is 0.606. The van der Waals surface area contributed by atoms with Gasteiger partial charge in [0.05, 0.1) is 5.02 Å². The summed E-state index contributed by atoms with van der Waals surface area (Å²) >= 11 is 5.93. The Morgan fingerprint density at radius 1 is 1.40 bits per heavy atom. The average Bonchev–Trinajstić information content (AvgIpc) is 2.92. The highest BCUT2D eigenvalue weighted by Crippen LogP contribution is 2.22. The number of nitrogens with zero attached hydrogens (tertiary/aromatic N) is 2. The van der Waals surface area contributed by atoms with Gasteiger partial charge in [-0.25, -0.2) is 18.1 Å². The summed E-state index contributed by atoms with van der Waals surface area (Å²) in [6.45, 7) is 0.443. The first kappa shape index (κ1) is 14.9. The van der Waals surface area contributed by atoms with Gasteiger partial charge in [-0.1, -0.05) is 17.7 Å². The van der Waals surface area contributed by atoms with Crippen molar-refractivity contribution in [3.05, 3.63) is 40.9 Å². The minimum atomic E-state index is -3.68. The number of benzene rings is 1. The number of rotatable bonds is 6. The first-order chi connectivity index (χ1) is 9.53. The number of hydrogen-bond donors (Lipinski definition) is 3. The summed E-state index contributed by atoms with van der Waals surface area (Å²) in [5.41, 5.74) is 6.20. The number of hydrogen-bond acceptors (Lipinski definition) is 5. The molecule has 1 aromatic carbocycles. The van der Waals surface area contributed by atoms with Gasteiger partial charge in [0.25, 0.3) is 0 Å². The normalized spacial score (nSPS) is 11.7. The highest BCUT2D eigenvalue weighted by atomic mass is 35.5. The second kappa shape index (κ2) is 6.31. The van der Waals surface area contributed by atoms with Crippen LogP contribution in [-0.2, 0) is 23.0 Å². The van der Waals surface area contributed by atoms with Crippen molar-refractivity contribution < 1.29 is 8.42 Å². The maximum absolute atomic E-state index is 12.2. The van der Waals surface area contributed by atoms with Crippen LogP contribution in [0.4, 0.5) is 0 Å². The van der Waals surface area contributed by atoms with Crippen molar-refractivity contribution in [3.63, 3.8) is 0 Å². The predicted molar refractivity (Wildman–Crippen MR) is 74.6 cm³/mol. The van der Waals surface area contributed by atoms with Crippen LogP contribution in [0.3, 0.4) is 0 Å². The molecule has 0 saturated carbocycles. The Bertz CT molecular complexity index is 672. The molecule has 9 heteroatoms. The zero-order valence-corrected chi connectivity index (χ0v) is 12.1. The monoisotopic (exact) mass is 315 g/mol. The molecule has 0 aliphatic rings. The van der Waals surface area contributed by atoms with Crippen molar-refractivity contribution >= 4 is 21.6 Å². The third-order valence-corrected chi connectivity index (χ3v) is 4.58. The minimum absolute atomic E-state index is 0.0275. The third kappa shape index (κ3) is 3.54. The zero-order valence-electron chi connectivity index (χ0n) is 10.5. The second-order valence-electron chi connectivity index (χ2n) is 4.05. The number of nitrogens with two attached hydrogens (primary N) is 1. The standard InChI is InChI=1S/C11H14ClN5O2S/c12-9-2-1-8(6-13)5-10(9)20(18,19)16-4-3-11-14-7-15-17-11/h1-2,5,7,16H,3-4,6,13H2,(H,14,15,17). The van der Waals surface area contributed by atoms with E-state index in [1.807, 2.05) is 0 Å². The van der Waals surface area contributed by atoms with Crippen molar-refractivity contribution in [2.24, 2.45) is 5.73 Å². The molecule has 2 aromatic rings. The molecule has 0 unspecified atom stereocenters. The summed E-state index contributed by atoms with van der Waals surface area (Å²) in [6, 6.07) is 4.68. The van der Waals surface area contributed by atoms with Gasteiger partial charge in [-0.05, 0) is 17.7 Å². The first-order valence-corrected chi connectivity index (χ1v) is 7.71. The average molecular weight is 316 g/mol. The summed E-state index contributed by atoms with van der Waals surface area (Å²) in [4.78, 5) is 3.94. The molecule has 1 heterocycles. The van der Waals surface area contributed by atoms with Gasteiger partial charge in [-0.15, -0.1) is 0 Å². The zero-order chi connectivity index (χ0) is 14.6. The van der Waals surface area contributed by atoms with E-state index in [9.17, 15) is 8.42 Å². The second-order valence-corrected chi connectivity index (χ2v) is 6.19. The van der Waals surface area contributed by atoms with Crippen molar-refractivity contribution in [1.29, 1.82) is 0 Å². The molecular formula is C11H14ClN5O2S. The molecule has 4 N–H and O–H groups in total. The molecule has 0 amide bonds. The number of halogens is 1. The van der Waals surface area contributed by atoms with Crippen LogP contribution < -0.4 is 10.5 Å². The van der Waals surface area contributed by atoms with E-state index in [-0.39, 0.29) is 23.0 Å². The number of sulfonamides is 1. The molecule has 0 spiro atoms. The van der Waals surface area contributed by atoms with E-state index in [0.29, 0.717) is 17.8 Å². The van der Waals surface area contributed by atoms with Gasteiger partial charge in [0.1, 0.15) is 17.0 Å². The number of aromatic amines is 1. The molecule has 0 aliphatic carbocycles. The van der Waals surface area contributed by atoms with Crippen molar-refractivity contribution in [2.75, 3.05) is 6.54 Å². The quantitative estimate of drug-likeness (QED) is 0.715. The van der Waals surface area contributed by atoms with Crippen LogP contribution in [0.25, 0.3) is 0 Å². The Hall–Kier alpha value is -1.48. The van der Waals surface area contributed by atoms with Crippen molar-refractivity contribution in [3.8, 4) is 0 Å². The highest BCUT2D eigenvalue weighted by Gasteiger charge is 2.18. The molecule has 2 rings (SSSR count). The Labute approximate surface area is 121 Å². The molecule has 0 saturated heterocycles. The van der Waals surface area contributed by atoms with Gasteiger partial charge in [0.15, 0.2) is 0 Å². The first-order valence-electron chi connectivity index (χ1n) is 5.85. The maximum Gasteiger partial charge on any atom is 0.242 e. The minimum Gasteiger partial charge on any atom is -0.326 e. The van der Waals surface area contributed by atoms with E-state index < -0.39 is 10.0 Å². The van der Waals surface area contributed by atoms with E-state index in [2.05, 4.69) is 19.9 Å². The fourth-order valence-electron chi connectivity index (χ4n) is 1.61. The van der Waals surface area contributed by atoms with E-state index in [4.69, 9.17) is 17.3 Å². The Morgan fingerprint density at radius 3 is 2.85 bits per heavy atom. The fourth-order valence-corrected chi connectivity index (χ4v) is 3.19. The van der Waals surface area contributed by atoms with Crippen LogP contribution in [0.15, 0.2) is 29.4 Å². The van der Waals surface area contributed by atoms with Gasteiger partial charge in [-0.3, -0.25) is 5.10 Å². The van der Waals surface area contributed by atoms with Crippen LogP contribution in [0.5, 0.6) is 0 Å². The molecular weight excluding hydrogens is 302 g/mol. The molecule has 7 nitrogen and oxygen atoms in total. The summed E-state index contributed by atoms with van der Waals surface area (Å²) in [5, 5.41) is 6.50. The molecule has 0 atom stereocenters. The predicted octanol–water partition coefficient (Wildman–Crippen LogP) is 0.438. The lowest BCUT2D eigenvalue weighted by Crippen LogP contribution is -2.26. The summed E-state index contributed by atoms with van der Waals surface area (Å²) in [7, 11) is -3.68. The largest absolute Gasteiger partial charge is 0.326 e. The molecule has 0 bridgehead atoms. The van der Waals surface area contributed by atoms with E-state index in [0.717, 1.165) is 0 Å². The molecule has 0 radical (unpaired) electrons. The van der Waals surface area contributed by atoms with Crippen LogP contribution in [-0.4, -0.2) is 30.1 Å². The van der Waals surface area contributed by atoms with Gasteiger partial charge in [0, 0.05) is 19.5 Å². The Balaban J connectivity index is 2.09. The van der Waals surface area contributed by atoms with Gasteiger partial charge in [-0.2, -0.15) is 5.10 Å². The van der Waals surface area contributed by atoms with Crippen LogP contribution in [0.2, 0.25) is 5.02 Å². The van der Waals surface area contributed by atoms with Crippen LogP contribution >= 0.6 is 11.6 Å². The molecule has 0 fully saturated rings. The van der Waals surface area contributed by atoms with E-state index in [1.165, 1.54) is 18.5 Å². The lowest BCUT2D eigenvalue weighted by molar-refractivity contribution is 0.581. The van der Waals surface area contributed by atoms with Gasteiger partial charge < -0.3 is 5.73 Å². The lowest BCUT2D eigenvalue weighted by Gasteiger charge is -2.09. The highest BCUT2D eigenvalue weighted by molar-refractivity contribution is 7.89.